The predicted molar refractivity (Wildman–Crippen MR) is 106 cm³/mol. The SMILES string of the molecule is CCN(C(=O)CN1CCC[C@H]1Cc1ccc(OC)cc1)c1ccc(F)cc1. The molecule has 3 rings (SSSR count). The van der Waals surface area contributed by atoms with Gasteiger partial charge in [-0.3, -0.25) is 9.69 Å². The van der Waals surface area contributed by atoms with Crippen LogP contribution in [0.4, 0.5) is 10.1 Å². The van der Waals surface area contributed by atoms with Gasteiger partial charge in [-0.05, 0) is 74.7 Å². The van der Waals surface area contributed by atoms with Crippen LogP contribution >= 0.6 is 0 Å². The maximum atomic E-state index is 13.2. The predicted octanol–water partition coefficient (Wildman–Crippen LogP) is 3.89. The molecular formula is C22H27FN2O2. The summed E-state index contributed by atoms with van der Waals surface area (Å²) in [5.74, 6) is 0.627. The molecule has 4 nitrogen and oxygen atoms in total. The lowest BCUT2D eigenvalue weighted by Crippen LogP contribution is -2.43. The van der Waals surface area contributed by atoms with Crippen LogP contribution in [-0.2, 0) is 11.2 Å². The number of ether oxygens (including phenoxy) is 1. The molecule has 0 aromatic heterocycles. The van der Waals surface area contributed by atoms with Gasteiger partial charge in [0.15, 0.2) is 0 Å². The fourth-order valence-corrected chi connectivity index (χ4v) is 3.75. The van der Waals surface area contributed by atoms with E-state index in [-0.39, 0.29) is 11.7 Å². The number of amides is 1. The molecule has 27 heavy (non-hydrogen) atoms. The number of hydrogen-bond donors (Lipinski definition) is 0. The van der Waals surface area contributed by atoms with E-state index in [1.165, 1.54) is 17.7 Å². The molecule has 1 saturated heterocycles. The fraction of sp³-hybridized carbons (Fsp3) is 0.409. The number of halogens is 1. The number of rotatable bonds is 7. The zero-order valence-corrected chi connectivity index (χ0v) is 16.0. The van der Waals surface area contributed by atoms with E-state index in [0.717, 1.165) is 37.2 Å². The van der Waals surface area contributed by atoms with Crippen LogP contribution < -0.4 is 9.64 Å². The first-order valence-electron chi connectivity index (χ1n) is 9.53. The standard InChI is InChI=1S/C22H27FN2O2/c1-3-25(19-10-8-18(23)9-11-19)22(26)16-24-14-4-5-20(24)15-17-6-12-21(27-2)13-7-17/h6-13,20H,3-5,14-16H2,1-2H3/t20-/m0/s1. The third-order valence-corrected chi connectivity index (χ3v) is 5.22. The fourth-order valence-electron chi connectivity index (χ4n) is 3.75. The van der Waals surface area contributed by atoms with Crippen molar-refractivity contribution in [3.63, 3.8) is 0 Å². The first-order chi connectivity index (χ1) is 13.1. The number of methoxy groups -OCH3 is 1. The van der Waals surface area contributed by atoms with Crippen LogP contribution in [0.3, 0.4) is 0 Å². The summed E-state index contributed by atoms with van der Waals surface area (Å²) in [7, 11) is 1.67. The summed E-state index contributed by atoms with van der Waals surface area (Å²) in [5, 5.41) is 0. The van der Waals surface area contributed by atoms with Crippen LogP contribution in [0.5, 0.6) is 5.75 Å². The molecule has 1 atom stereocenters. The Labute approximate surface area is 160 Å². The Bertz CT molecular complexity index is 746. The normalized spacial score (nSPS) is 17.1. The van der Waals surface area contributed by atoms with E-state index in [1.807, 2.05) is 19.1 Å². The second-order valence-electron chi connectivity index (χ2n) is 6.93. The van der Waals surface area contributed by atoms with Gasteiger partial charge >= 0.3 is 0 Å². The number of benzene rings is 2. The van der Waals surface area contributed by atoms with Crippen molar-refractivity contribution in [1.29, 1.82) is 0 Å². The van der Waals surface area contributed by atoms with Gasteiger partial charge in [-0.25, -0.2) is 4.39 Å². The highest BCUT2D eigenvalue weighted by molar-refractivity contribution is 5.94. The molecule has 0 spiro atoms. The van der Waals surface area contributed by atoms with Crippen molar-refractivity contribution in [2.45, 2.75) is 32.2 Å². The van der Waals surface area contributed by atoms with Gasteiger partial charge in [0, 0.05) is 18.3 Å². The largest absolute Gasteiger partial charge is 0.497 e. The summed E-state index contributed by atoms with van der Waals surface area (Å²) in [6.07, 6.45) is 3.14. The van der Waals surface area contributed by atoms with Gasteiger partial charge in [0.2, 0.25) is 5.91 Å². The summed E-state index contributed by atoms with van der Waals surface area (Å²) < 4.78 is 18.4. The molecule has 0 saturated carbocycles. The zero-order valence-electron chi connectivity index (χ0n) is 16.0. The first kappa shape index (κ1) is 19.4. The molecule has 1 amide bonds. The third kappa shape index (κ3) is 4.86. The minimum absolute atomic E-state index is 0.0609. The summed E-state index contributed by atoms with van der Waals surface area (Å²) in [5.41, 5.74) is 2.00. The van der Waals surface area contributed by atoms with E-state index in [2.05, 4.69) is 17.0 Å². The van der Waals surface area contributed by atoms with E-state index in [1.54, 1.807) is 24.1 Å². The van der Waals surface area contributed by atoms with Crippen LogP contribution in [0.15, 0.2) is 48.5 Å². The van der Waals surface area contributed by atoms with Gasteiger partial charge in [-0.15, -0.1) is 0 Å². The molecule has 2 aromatic rings. The summed E-state index contributed by atoms with van der Waals surface area (Å²) in [6, 6.07) is 14.6. The Balaban J connectivity index is 1.63. The van der Waals surface area contributed by atoms with Gasteiger partial charge in [0.05, 0.1) is 13.7 Å². The molecule has 5 heteroatoms. The average Bonchev–Trinajstić information content (AvgIpc) is 3.11. The number of likely N-dealkylation sites (N-methyl/N-ethyl adjacent to an activating group) is 1. The van der Waals surface area contributed by atoms with Crippen LogP contribution in [0.1, 0.15) is 25.3 Å². The molecule has 0 radical (unpaired) electrons. The molecule has 144 valence electrons. The number of hydrogen-bond acceptors (Lipinski definition) is 3. The Morgan fingerprint density at radius 1 is 1.19 bits per heavy atom. The maximum absolute atomic E-state index is 13.2. The molecule has 0 aliphatic carbocycles. The Hall–Kier alpha value is -2.40. The van der Waals surface area contributed by atoms with Crippen molar-refractivity contribution in [2.75, 3.05) is 31.6 Å². The van der Waals surface area contributed by atoms with Crippen molar-refractivity contribution in [2.24, 2.45) is 0 Å². The quantitative estimate of drug-likeness (QED) is 0.741. The molecule has 0 bridgehead atoms. The monoisotopic (exact) mass is 370 g/mol. The van der Waals surface area contributed by atoms with E-state index < -0.39 is 0 Å². The molecule has 1 fully saturated rings. The number of nitrogens with zero attached hydrogens (tertiary/aromatic N) is 2. The molecular weight excluding hydrogens is 343 g/mol. The minimum Gasteiger partial charge on any atom is -0.497 e. The van der Waals surface area contributed by atoms with Gasteiger partial charge in [0.1, 0.15) is 11.6 Å². The van der Waals surface area contributed by atoms with Crippen LogP contribution in [0, 0.1) is 5.82 Å². The summed E-state index contributed by atoms with van der Waals surface area (Å²) in [4.78, 5) is 16.9. The van der Waals surface area contributed by atoms with Gasteiger partial charge < -0.3 is 9.64 Å². The Morgan fingerprint density at radius 2 is 1.89 bits per heavy atom. The zero-order chi connectivity index (χ0) is 19.2. The average molecular weight is 370 g/mol. The van der Waals surface area contributed by atoms with Crippen LogP contribution in [0.2, 0.25) is 0 Å². The van der Waals surface area contributed by atoms with Gasteiger partial charge in [-0.1, -0.05) is 12.1 Å². The number of anilines is 1. The topological polar surface area (TPSA) is 32.8 Å². The number of likely N-dealkylation sites (tertiary alicyclic amines) is 1. The minimum atomic E-state index is -0.290. The highest BCUT2D eigenvalue weighted by Gasteiger charge is 2.28. The van der Waals surface area contributed by atoms with E-state index in [9.17, 15) is 9.18 Å². The van der Waals surface area contributed by atoms with E-state index >= 15 is 0 Å². The summed E-state index contributed by atoms with van der Waals surface area (Å²) in [6.45, 7) is 3.85. The van der Waals surface area contributed by atoms with Gasteiger partial charge in [0.25, 0.3) is 0 Å². The molecule has 1 heterocycles. The Morgan fingerprint density at radius 3 is 2.52 bits per heavy atom. The second kappa shape index (κ2) is 9.00. The van der Waals surface area contributed by atoms with Crippen molar-refractivity contribution in [3.8, 4) is 5.75 Å². The van der Waals surface area contributed by atoms with Crippen LogP contribution in [-0.4, -0.2) is 43.6 Å². The Kier molecular flexibility index (Phi) is 6.45. The molecule has 2 aromatic carbocycles. The molecule has 0 N–H and O–H groups in total. The molecule has 1 aliphatic rings. The van der Waals surface area contributed by atoms with E-state index in [4.69, 9.17) is 4.74 Å². The summed E-state index contributed by atoms with van der Waals surface area (Å²) >= 11 is 0. The smallest absolute Gasteiger partial charge is 0.241 e. The highest BCUT2D eigenvalue weighted by Crippen LogP contribution is 2.23. The lowest BCUT2D eigenvalue weighted by molar-refractivity contribution is -0.119. The highest BCUT2D eigenvalue weighted by atomic mass is 19.1. The van der Waals surface area contributed by atoms with Crippen molar-refractivity contribution >= 4 is 11.6 Å². The molecule has 1 aliphatic heterocycles. The second-order valence-corrected chi connectivity index (χ2v) is 6.93. The van der Waals surface area contributed by atoms with Crippen molar-refractivity contribution in [1.82, 2.24) is 4.90 Å². The van der Waals surface area contributed by atoms with Crippen molar-refractivity contribution < 1.29 is 13.9 Å². The number of carbonyl (C=O) groups is 1. The first-order valence-corrected chi connectivity index (χ1v) is 9.53. The lowest BCUT2D eigenvalue weighted by Gasteiger charge is -2.28. The van der Waals surface area contributed by atoms with Crippen LogP contribution in [0.25, 0.3) is 0 Å². The van der Waals surface area contributed by atoms with Crippen molar-refractivity contribution in [3.05, 3.63) is 59.9 Å². The van der Waals surface area contributed by atoms with E-state index in [0.29, 0.717) is 19.1 Å². The lowest BCUT2D eigenvalue weighted by atomic mass is 10.0. The number of carbonyl (C=O) groups excluding carboxylic acids is 1. The molecule has 0 unspecified atom stereocenters. The maximum Gasteiger partial charge on any atom is 0.241 e. The van der Waals surface area contributed by atoms with Gasteiger partial charge in [-0.2, -0.15) is 0 Å². The third-order valence-electron chi connectivity index (χ3n) is 5.22.